The van der Waals surface area contributed by atoms with Gasteiger partial charge in [-0.2, -0.15) is 0 Å². The first-order valence-corrected chi connectivity index (χ1v) is 15.2. The van der Waals surface area contributed by atoms with Gasteiger partial charge in [-0.3, -0.25) is 15.0 Å². The smallest absolute Gasteiger partial charge is 0.339 e. The average molecular weight is 710 g/mol. The zero-order valence-electron chi connectivity index (χ0n) is 27.7. The molecule has 0 saturated heterocycles. The number of methoxy groups -OCH3 is 1. The monoisotopic (exact) mass is 708 g/mol. The van der Waals surface area contributed by atoms with Crippen molar-refractivity contribution >= 4 is 54.1 Å². The molecule has 0 bridgehead atoms. The highest BCUT2D eigenvalue weighted by molar-refractivity contribution is 6.10. The van der Waals surface area contributed by atoms with Gasteiger partial charge >= 0.3 is 5.97 Å². The number of carbonyl (C=O) groups excluding carboxylic acids is 3. The van der Waals surface area contributed by atoms with Gasteiger partial charge in [0.1, 0.15) is 18.1 Å². The number of carbonyl (C=O) groups is 3. The molecule has 13 heteroatoms. The van der Waals surface area contributed by atoms with Crippen LogP contribution in [0.1, 0.15) is 62.6 Å². The summed E-state index contributed by atoms with van der Waals surface area (Å²) in [5.41, 5.74) is 8.33. The van der Waals surface area contributed by atoms with Gasteiger partial charge in [0.05, 0.1) is 12.7 Å². The number of pyridine rings is 1. The second-order valence-electron chi connectivity index (χ2n) is 11.4. The Morgan fingerprint density at radius 2 is 1.53 bits per heavy atom. The number of amidine groups is 1. The maximum absolute atomic E-state index is 13.7. The van der Waals surface area contributed by atoms with Crippen molar-refractivity contribution < 1.29 is 23.9 Å². The third-order valence-corrected chi connectivity index (χ3v) is 7.29. The van der Waals surface area contributed by atoms with Crippen molar-refractivity contribution in [3.63, 3.8) is 0 Å². The summed E-state index contributed by atoms with van der Waals surface area (Å²) in [7, 11) is 3.26. The van der Waals surface area contributed by atoms with Gasteiger partial charge < -0.3 is 31.2 Å². The van der Waals surface area contributed by atoms with Crippen LogP contribution in [0.5, 0.6) is 5.88 Å². The first-order valence-electron chi connectivity index (χ1n) is 15.2. The molecule has 4 rings (SSSR count). The Kier molecular flexibility index (Phi) is 15.7. The number of hydrogen-bond acceptors (Lipinski definition) is 8. The molecule has 0 radical (unpaired) electrons. The van der Waals surface area contributed by atoms with Crippen LogP contribution in [-0.4, -0.2) is 55.3 Å². The van der Waals surface area contributed by atoms with E-state index < -0.39 is 11.9 Å². The fraction of sp³-hybridized carbons (Fsp3) is 0.250. The van der Waals surface area contributed by atoms with Crippen molar-refractivity contribution in [2.45, 2.75) is 32.9 Å². The Balaban J connectivity index is 0.00000417. The third-order valence-electron chi connectivity index (χ3n) is 7.29. The quantitative estimate of drug-likeness (QED) is 0.0617. The van der Waals surface area contributed by atoms with Crippen molar-refractivity contribution in [2.75, 3.05) is 26.0 Å². The Bertz CT molecular complexity index is 1740. The maximum Gasteiger partial charge on any atom is 0.339 e. The molecule has 1 heterocycles. The summed E-state index contributed by atoms with van der Waals surface area (Å²) in [5.74, 6) is -1.12. The minimum atomic E-state index is -0.672. The summed E-state index contributed by atoms with van der Waals surface area (Å²) in [6.45, 7) is 4.77. The van der Waals surface area contributed by atoms with E-state index in [1.165, 1.54) is 13.2 Å². The predicted octanol–water partition coefficient (Wildman–Crippen LogP) is 5.86. The number of aromatic nitrogens is 1. The van der Waals surface area contributed by atoms with E-state index in [1.807, 2.05) is 37.4 Å². The maximum atomic E-state index is 13.7. The van der Waals surface area contributed by atoms with Gasteiger partial charge in [-0.05, 0) is 73.0 Å². The van der Waals surface area contributed by atoms with Crippen LogP contribution < -0.4 is 26.4 Å². The van der Waals surface area contributed by atoms with Crippen LogP contribution in [0.15, 0.2) is 84.9 Å². The number of anilines is 1. The van der Waals surface area contributed by atoms with E-state index >= 15 is 0 Å². The zero-order chi connectivity index (χ0) is 33.9. The summed E-state index contributed by atoms with van der Waals surface area (Å²) in [6.07, 6.45) is 0.768. The van der Waals surface area contributed by atoms with Gasteiger partial charge in [-0.25, -0.2) is 9.78 Å². The Morgan fingerprint density at radius 3 is 2.14 bits per heavy atom. The Morgan fingerprint density at radius 1 is 0.878 bits per heavy atom. The number of rotatable bonds is 14. The van der Waals surface area contributed by atoms with Gasteiger partial charge in [0.25, 0.3) is 11.8 Å². The van der Waals surface area contributed by atoms with Crippen LogP contribution in [0.25, 0.3) is 11.1 Å². The molecule has 0 unspecified atom stereocenters. The predicted molar refractivity (Wildman–Crippen MR) is 196 cm³/mol. The first-order chi connectivity index (χ1) is 22.6. The Hall–Kier alpha value is -4.97. The highest BCUT2D eigenvalue weighted by Crippen LogP contribution is 2.31. The second-order valence-corrected chi connectivity index (χ2v) is 11.4. The standard InChI is InChI=1S/C36H40N6O5.2ClH/c1-22(2)18-27(20-39-3)41-34(43)25-12-15-28(30(19-25)36(45)47-21-23-8-6-5-7-9-23)29-16-17-31(46-4)42-32(29)35(44)40-26-13-10-24(11-14-26)33(37)38;;/h5-17,19,22,27,39H,18,20-21H2,1-4H3,(H3,37,38)(H,40,44)(H,41,43);2*1H/t27-;;/m0../s1. The number of nitrogen functional groups attached to an aromatic ring is 1. The van der Waals surface area contributed by atoms with Crippen molar-refractivity contribution in [3.8, 4) is 17.0 Å². The molecular weight excluding hydrogens is 667 g/mol. The van der Waals surface area contributed by atoms with Gasteiger partial charge in [0.2, 0.25) is 5.88 Å². The third kappa shape index (κ3) is 11.0. The first kappa shape index (κ1) is 40.2. The van der Waals surface area contributed by atoms with E-state index in [0.717, 1.165) is 12.0 Å². The van der Waals surface area contributed by atoms with Crippen LogP contribution in [-0.2, 0) is 11.3 Å². The minimum absolute atomic E-state index is 0. The molecule has 0 aliphatic rings. The largest absolute Gasteiger partial charge is 0.481 e. The van der Waals surface area contributed by atoms with Crippen molar-refractivity contribution in [2.24, 2.45) is 11.7 Å². The molecule has 3 aromatic carbocycles. The molecule has 260 valence electrons. The summed E-state index contributed by atoms with van der Waals surface area (Å²) in [6, 6.07) is 23.5. The van der Waals surface area contributed by atoms with Crippen LogP contribution in [0, 0.1) is 11.3 Å². The average Bonchev–Trinajstić information content (AvgIpc) is 3.07. The molecule has 11 nitrogen and oxygen atoms in total. The molecule has 2 amide bonds. The molecule has 0 saturated carbocycles. The number of ether oxygens (including phenoxy) is 2. The molecule has 1 atom stereocenters. The van der Waals surface area contributed by atoms with Crippen molar-refractivity contribution in [1.29, 1.82) is 5.41 Å². The normalized spacial score (nSPS) is 11.0. The summed E-state index contributed by atoms with van der Waals surface area (Å²) in [5, 5.41) is 16.6. The van der Waals surface area contributed by atoms with Gasteiger partial charge in [0, 0.05) is 41.0 Å². The van der Waals surface area contributed by atoms with Crippen molar-refractivity contribution in [1.82, 2.24) is 15.6 Å². The topological polar surface area (TPSA) is 169 Å². The highest BCUT2D eigenvalue weighted by Gasteiger charge is 2.24. The molecule has 0 aliphatic carbocycles. The van der Waals surface area contributed by atoms with Crippen LogP contribution in [0.2, 0.25) is 0 Å². The van der Waals surface area contributed by atoms with E-state index in [9.17, 15) is 14.4 Å². The second kappa shape index (κ2) is 19.1. The summed E-state index contributed by atoms with van der Waals surface area (Å²) in [4.78, 5) is 45.2. The number of nitrogens with two attached hydrogens (primary N) is 1. The number of esters is 1. The highest BCUT2D eigenvalue weighted by atomic mass is 35.5. The molecular formula is C36H42Cl2N6O5. The lowest BCUT2D eigenvalue weighted by Gasteiger charge is -2.21. The van der Waals surface area contributed by atoms with E-state index in [2.05, 4.69) is 34.8 Å². The lowest BCUT2D eigenvalue weighted by atomic mass is 9.95. The number of hydrogen-bond donors (Lipinski definition) is 5. The van der Waals surface area contributed by atoms with Gasteiger partial charge in [-0.15, -0.1) is 24.8 Å². The fourth-order valence-corrected chi connectivity index (χ4v) is 5.04. The molecule has 1 aromatic heterocycles. The summed E-state index contributed by atoms with van der Waals surface area (Å²) < 4.78 is 11.0. The Labute approximate surface area is 298 Å². The number of amides is 2. The van der Waals surface area contributed by atoms with E-state index in [-0.39, 0.29) is 71.9 Å². The van der Waals surface area contributed by atoms with Crippen LogP contribution in [0.3, 0.4) is 0 Å². The molecule has 4 aromatic rings. The minimum Gasteiger partial charge on any atom is -0.481 e. The SMILES string of the molecule is CNC[C@H](CC(C)C)NC(=O)c1ccc(-c2ccc(OC)nc2C(=O)Nc2ccc(C(=N)N)cc2)c(C(=O)OCc2ccccc2)c1.Cl.Cl. The number of halogens is 2. The van der Waals surface area contributed by atoms with Gasteiger partial charge in [-0.1, -0.05) is 50.2 Å². The number of nitrogens with zero attached hydrogens (tertiary/aromatic N) is 1. The fourth-order valence-electron chi connectivity index (χ4n) is 5.04. The summed E-state index contributed by atoms with van der Waals surface area (Å²) >= 11 is 0. The molecule has 0 fully saturated rings. The zero-order valence-corrected chi connectivity index (χ0v) is 29.4. The van der Waals surface area contributed by atoms with Crippen LogP contribution in [0.4, 0.5) is 5.69 Å². The number of nitrogens with one attached hydrogen (secondary N) is 4. The molecule has 0 aliphatic heterocycles. The lowest BCUT2D eigenvalue weighted by molar-refractivity contribution is 0.0473. The van der Waals surface area contributed by atoms with E-state index in [0.29, 0.717) is 34.8 Å². The van der Waals surface area contributed by atoms with Crippen molar-refractivity contribution in [3.05, 3.63) is 113 Å². The number of likely N-dealkylation sites (N-methyl/N-ethyl adjacent to an activating group) is 1. The van der Waals surface area contributed by atoms with E-state index in [1.54, 1.807) is 48.5 Å². The molecule has 0 spiro atoms. The van der Waals surface area contributed by atoms with E-state index in [4.69, 9.17) is 20.6 Å². The number of benzene rings is 3. The molecule has 49 heavy (non-hydrogen) atoms. The van der Waals surface area contributed by atoms with Crippen LogP contribution >= 0.6 is 24.8 Å². The molecule has 6 N–H and O–H groups in total. The lowest BCUT2D eigenvalue weighted by Crippen LogP contribution is -2.42. The van der Waals surface area contributed by atoms with Gasteiger partial charge in [0.15, 0.2) is 0 Å².